The van der Waals surface area contributed by atoms with Crippen molar-refractivity contribution in [2.24, 2.45) is 0 Å². The largest absolute Gasteiger partial charge is 0.465 e. The molecule has 0 saturated carbocycles. The van der Waals surface area contributed by atoms with Crippen LogP contribution in [0.1, 0.15) is 28.3 Å². The number of benzene rings is 2. The van der Waals surface area contributed by atoms with Crippen LogP contribution in [0.15, 0.2) is 59.1 Å². The number of methoxy groups -OCH3 is 1. The molecular formula is C22H18FN3O4S. The number of halogens is 1. The van der Waals surface area contributed by atoms with Gasteiger partial charge in [0, 0.05) is 12.3 Å². The van der Waals surface area contributed by atoms with Crippen LogP contribution in [-0.2, 0) is 14.3 Å². The van der Waals surface area contributed by atoms with E-state index in [9.17, 15) is 24.0 Å². The van der Waals surface area contributed by atoms with Crippen LogP contribution in [0.25, 0.3) is 0 Å². The van der Waals surface area contributed by atoms with Gasteiger partial charge in [-0.1, -0.05) is 36.0 Å². The summed E-state index contributed by atoms with van der Waals surface area (Å²) >= 11 is 0.994. The summed E-state index contributed by atoms with van der Waals surface area (Å²) in [6, 6.07) is 14.4. The maximum atomic E-state index is 13.7. The number of anilines is 1. The lowest BCUT2D eigenvalue weighted by atomic mass is 9.87. The van der Waals surface area contributed by atoms with Crippen LogP contribution in [0.4, 0.5) is 10.1 Å². The van der Waals surface area contributed by atoms with Crippen molar-refractivity contribution in [3.05, 3.63) is 76.1 Å². The molecule has 0 radical (unpaired) electrons. The zero-order valence-electron chi connectivity index (χ0n) is 16.5. The van der Waals surface area contributed by atoms with E-state index in [0.29, 0.717) is 16.7 Å². The molecule has 158 valence electrons. The number of nitrogens with zero attached hydrogens (tertiary/aromatic N) is 1. The minimum atomic E-state index is -0.556. The summed E-state index contributed by atoms with van der Waals surface area (Å²) in [7, 11) is 1.28. The SMILES string of the molecule is COC(=O)c1ccc([C@H]2CC(=O)NC(SCC(=O)Nc3ccccc3F)=C2C#N)cc1. The first kappa shape index (κ1) is 22.1. The Bertz CT molecular complexity index is 1090. The van der Waals surface area contributed by atoms with Gasteiger partial charge >= 0.3 is 5.97 Å². The van der Waals surface area contributed by atoms with Crippen molar-refractivity contribution >= 4 is 35.2 Å². The van der Waals surface area contributed by atoms with Crippen LogP contribution in [0.2, 0.25) is 0 Å². The molecule has 0 aromatic heterocycles. The minimum Gasteiger partial charge on any atom is -0.465 e. The van der Waals surface area contributed by atoms with Gasteiger partial charge in [-0.2, -0.15) is 5.26 Å². The highest BCUT2D eigenvalue weighted by Crippen LogP contribution is 2.36. The van der Waals surface area contributed by atoms with Crippen LogP contribution in [0, 0.1) is 17.1 Å². The molecular weight excluding hydrogens is 421 g/mol. The van der Waals surface area contributed by atoms with Gasteiger partial charge < -0.3 is 15.4 Å². The van der Waals surface area contributed by atoms with Gasteiger partial charge in [-0.3, -0.25) is 9.59 Å². The number of hydrogen-bond donors (Lipinski definition) is 2. The average molecular weight is 439 g/mol. The number of hydrogen-bond acceptors (Lipinski definition) is 6. The zero-order valence-corrected chi connectivity index (χ0v) is 17.3. The molecule has 2 aromatic rings. The number of esters is 1. The molecule has 3 rings (SSSR count). The molecule has 0 aliphatic carbocycles. The highest BCUT2D eigenvalue weighted by Gasteiger charge is 2.30. The van der Waals surface area contributed by atoms with Gasteiger partial charge in [0.1, 0.15) is 5.82 Å². The van der Waals surface area contributed by atoms with E-state index >= 15 is 0 Å². The third kappa shape index (κ3) is 5.29. The third-order valence-electron chi connectivity index (χ3n) is 4.59. The third-order valence-corrected chi connectivity index (χ3v) is 5.60. The molecule has 1 heterocycles. The molecule has 0 spiro atoms. The van der Waals surface area contributed by atoms with E-state index in [4.69, 9.17) is 0 Å². The molecule has 0 saturated heterocycles. The Hall–Kier alpha value is -3.64. The Morgan fingerprint density at radius 3 is 2.61 bits per heavy atom. The van der Waals surface area contributed by atoms with Crippen molar-refractivity contribution in [1.82, 2.24) is 5.32 Å². The first-order chi connectivity index (χ1) is 14.9. The first-order valence-corrected chi connectivity index (χ1v) is 10.2. The Balaban J connectivity index is 1.76. The van der Waals surface area contributed by atoms with Crippen LogP contribution >= 0.6 is 11.8 Å². The van der Waals surface area contributed by atoms with E-state index in [2.05, 4.69) is 21.4 Å². The molecule has 0 fully saturated rings. The number of amides is 2. The summed E-state index contributed by atoms with van der Waals surface area (Å²) in [5, 5.41) is 15.1. The van der Waals surface area contributed by atoms with Crippen molar-refractivity contribution in [2.45, 2.75) is 12.3 Å². The number of thioether (sulfide) groups is 1. The van der Waals surface area contributed by atoms with Crippen LogP contribution in [-0.4, -0.2) is 30.6 Å². The molecule has 2 amide bonds. The minimum absolute atomic E-state index is 0.0545. The van der Waals surface area contributed by atoms with Gasteiger partial charge in [0.15, 0.2) is 0 Å². The smallest absolute Gasteiger partial charge is 0.337 e. The fourth-order valence-corrected chi connectivity index (χ4v) is 3.95. The molecule has 7 nitrogen and oxygen atoms in total. The van der Waals surface area contributed by atoms with E-state index in [1.54, 1.807) is 30.3 Å². The topological polar surface area (TPSA) is 108 Å². The maximum absolute atomic E-state index is 13.7. The van der Waals surface area contributed by atoms with Crippen LogP contribution in [0.5, 0.6) is 0 Å². The molecule has 1 aliphatic heterocycles. The van der Waals surface area contributed by atoms with E-state index in [0.717, 1.165) is 11.8 Å². The summed E-state index contributed by atoms with van der Waals surface area (Å²) in [6.45, 7) is 0. The summed E-state index contributed by atoms with van der Waals surface area (Å²) in [5.41, 5.74) is 1.41. The second-order valence-corrected chi connectivity index (χ2v) is 7.58. The Morgan fingerprint density at radius 1 is 1.26 bits per heavy atom. The van der Waals surface area contributed by atoms with Crippen molar-refractivity contribution < 1.29 is 23.5 Å². The number of allylic oxidation sites excluding steroid dienone is 1. The van der Waals surface area contributed by atoms with Crippen LogP contribution in [0.3, 0.4) is 0 Å². The number of nitriles is 1. The molecule has 2 N–H and O–H groups in total. The summed E-state index contributed by atoms with van der Waals surface area (Å²) in [5.74, 6) is -2.44. The van der Waals surface area contributed by atoms with E-state index < -0.39 is 23.6 Å². The average Bonchev–Trinajstić information content (AvgIpc) is 2.78. The van der Waals surface area contributed by atoms with E-state index in [1.165, 1.54) is 25.3 Å². The van der Waals surface area contributed by atoms with Gasteiger partial charge in [-0.15, -0.1) is 0 Å². The number of rotatable bonds is 6. The molecule has 0 bridgehead atoms. The predicted octanol–water partition coefficient (Wildman–Crippen LogP) is 3.32. The fraction of sp³-hybridized carbons (Fsp3) is 0.182. The van der Waals surface area contributed by atoms with Crippen molar-refractivity contribution in [3.8, 4) is 6.07 Å². The normalized spacial score (nSPS) is 15.6. The van der Waals surface area contributed by atoms with E-state index in [1.807, 2.05) is 0 Å². The second-order valence-electron chi connectivity index (χ2n) is 6.59. The Kier molecular flexibility index (Phi) is 7.05. The van der Waals surface area contributed by atoms with E-state index in [-0.39, 0.29) is 28.8 Å². The van der Waals surface area contributed by atoms with Gasteiger partial charge in [-0.25, -0.2) is 9.18 Å². The fourth-order valence-electron chi connectivity index (χ4n) is 3.07. The lowest BCUT2D eigenvalue weighted by molar-refractivity contribution is -0.121. The van der Waals surface area contributed by atoms with Crippen molar-refractivity contribution in [3.63, 3.8) is 0 Å². The molecule has 2 aromatic carbocycles. The number of nitrogens with one attached hydrogen (secondary N) is 2. The standard InChI is InChI=1S/C22H18FN3O4S/c1-30-22(29)14-8-6-13(7-9-14)15-10-19(27)26-21(16(15)11-24)31-12-20(28)25-18-5-3-2-4-17(18)23/h2-9,15H,10,12H2,1H3,(H,25,28)(H,26,27)/t15-/m1/s1. The molecule has 0 unspecified atom stereocenters. The Labute approximate surface area is 182 Å². The number of carbonyl (C=O) groups is 3. The highest BCUT2D eigenvalue weighted by molar-refractivity contribution is 8.03. The van der Waals surface area contributed by atoms with Crippen molar-refractivity contribution in [1.29, 1.82) is 5.26 Å². The first-order valence-electron chi connectivity index (χ1n) is 9.22. The van der Waals surface area contributed by atoms with Gasteiger partial charge in [0.05, 0.1) is 40.8 Å². The Morgan fingerprint density at radius 2 is 1.97 bits per heavy atom. The molecule has 9 heteroatoms. The second kappa shape index (κ2) is 9.91. The van der Waals surface area contributed by atoms with Crippen molar-refractivity contribution in [2.75, 3.05) is 18.2 Å². The summed E-state index contributed by atoms with van der Waals surface area (Å²) < 4.78 is 18.4. The monoisotopic (exact) mass is 439 g/mol. The highest BCUT2D eigenvalue weighted by atomic mass is 32.2. The maximum Gasteiger partial charge on any atom is 0.337 e. The van der Waals surface area contributed by atoms with Gasteiger partial charge in [0.2, 0.25) is 11.8 Å². The number of ether oxygens (including phenoxy) is 1. The van der Waals surface area contributed by atoms with Gasteiger partial charge in [0.25, 0.3) is 0 Å². The lowest BCUT2D eigenvalue weighted by Crippen LogP contribution is -2.31. The molecule has 1 atom stereocenters. The number of para-hydroxylation sites is 1. The summed E-state index contributed by atoms with van der Waals surface area (Å²) in [6.07, 6.45) is 0.0615. The summed E-state index contributed by atoms with van der Waals surface area (Å²) in [4.78, 5) is 36.0. The molecule has 1 aliphatic rings. The van der Waals surface area contributed by atoms with Gasteiger partial charge in [-0.05, 0) is 29.8 Å². The predicted molar refractivity (Wildman–Crippen MR) is 113 cm³/mol. The lowest BCUT2D eigenvalue weighted by Gasteiger charge is -2.25. The quantitative estimate of drug-likeness (QED) is 0.669. The van der Waals surface area contributed by atoms with Crippen LogP contribution < -0.4 is 10.6 Å². The molecule has 31 heavy (non-hydrogen) atoms. The zero-order chi connectivity index (χ0) is 22.4. The number of carbonyl (C=O) groups excluding carboxylic acids is 3.